The smallest absolute Gasteiger partial charge is 0.100 e. The molecule has 0 amide bonds. The normalized spacial score (nSPS) is 9.18. The zero-order valence-electron chi connectivity index (χ0n) is 6.29. The highest BCUT2D eigenvalue weighted by atomic mass is 32.2. The predicted octanol–water partition coefficient (Wildman–Crippen LogP) is 2.46. The van der Waals surface area contributed by atoms with Crippen LogP contribution >= 0.6 is 11.8 Å². The first kappa shape index (κ1) is 8.16. The molecule has 1 nitrogen and oxygen atoms in total. The molecule has 0 atom stereocenters. The summed E-state index contributed by atoms with van der Waals surface area (Å²) in [7, 11) is 0. The standard InChI is InChI=1S/C9H8NS/c1-7-3-4-9(11-2)8(5-7)6-10/h3-5H,1H2,2H3. The second-order valence-corrected chi connectivity index (χ2v) is 2.99. The zero-order valence-corrected chi connectivity index (χ0v) is 7.11. The lowest BCUT2D eigenvalue weighted by Crippen LogP contribution is -1.81. The monoisotopic (exact) mass is 162 g/mol. The average Bonchev–Trinajstić information content (AvgIpc) is 2.04. The number of hydrogen-bond donors (Lipinski definition) is 0. The molecule has 0 aliphatic rings. The van der Waals surface area contributed by atoms with Crippen molar-refractivity contribution in [2.75, 3.05) is 6.26 Å². The number of hydrogen-bond acceptors (Lipinski definition) is 2. The molecule has 0 aromatic heterocycles. The van der Waals surface area contributed by atoms with Crippen LogP contribution < -0.4 is 0 Å². The van der Waals surface area contributed by atoms with Gasteiger partial charge < -0.3 is 0 Å². The summed E-state index contributed by atoms with van der Waals surface area (Å²) in [5, 5.41) is 8.68. The molecule has 2 heteroatoms. The molecule has 0 heterocycles. The second-order valence-electron chi connectivity index (χ2n) is 2.15. The van der Waals surface area contributed by atoms with Crippen LogP contribution in [0.3, 0.4) is 0 Å². The molecule has 1 rings (SSSR count). The van der Waals surface area contributed by atoms with E-state index in [4.69, 9.17) is 5.26 Å². The number of benzene rings is 1. The summed E-state index contributed by atoms with van der Waals surface area (Å²) in [6.07, 6.45) is 1.96. The molecule has 0 aliphatic carbocycles. The third-order valence-electron chi connectivity index (χ3n) is 1.38. The van der Waals surface area contributed by atoms with Crippen molar-refractivity contribution in [1.82, 2.24) is 0 Å². The summed E-state index contributed by atoms with van der Waals surface area (Å²) in [5.74, 6) is 0. The minimum absolute atomic E-state index is 0.713. The van der Waals surface area contributed by atoms with Crippen LogP contribution in [-0.2, 0) is 0 Å². The maximum atomic E-state index is 8.68. The molecule has 1 aromatic carbocycles. The van der Waals surface area contributed by atoms with Gasteiger partial charge >= 0.3 is 0 Å². The minimum Gasteiger partial charge on any atom is -0.192 e. The van der Waals surface area contributed by atoms with Gasteiger partial charge in [0, 0.05) is 4.90 Å². The van der Waals surface area contributed by atoms with E-state index in [0.717, 1.165) is 10.5 Å². The summed E-state index contributed by atoms with van der Waals surface area (Å²) in [4.78, 5) is 1.01. The Labute approximate surface area is 71.0 Å². The summed E-state index contributed by atoms with van der Waals surface area (Å²) in [6.45, 7) is 3.74. The van der Waals surface area contributed by atoms with Gasteiger partial charge in [0.1, 0.15) is 6.07 Å². The SMILES string of the molecule is [CH2]c1ccc(SC)c(C#N)c1. The lowest BCUT2D eigenvalue weighted by atomic mass is 10.2. The van der Waals surface area contributed by atoms with Gasteiger partial charge in [-0.3, -0.25) is 0 Å². The van der Waals surface area contributed by atoms with Crippen molar-refractivity contribution in [1.29, 1.82) is 5.26 Å². The highest BCUT2D eigenvalue weighted by Crippen LogP contribution is 2.20. The van der Waals surface area contributed by atoms with Gasteiger partial charge in [0.25, 0.3) is 0 Å². The fourth-order valence-corrected chi connectivity index (χ4v) is 1.37. The topological polar surface area (TPSA) is 23.8 Å². The fourth-order valence-electron chi connectivity index (χ4n) is 0.843. The van der Waals surface area contributed by atoms with Gasteiger partial charge in [-0.2, -0.15) is 5.26 Å². The van der Waals surface area contributed by atoms with E-state index in [1.165, 1.54) is 0 Å². The summed E-state index contributed by atoms with van der Waals surface area (Å²) in [5.41, 5.74) is 1.60. The van der Waals surface area contributed by atoms with Crippen LogP contribution in [0.1, 0.15) is 11.1 Å². The Morgan fingerprint density at radius 1 is 1.55 bits per heavy atom. The van der Waals surface area contributed by atoms with E-state index in [0.29, 0.717) is 5.56 Å². The van der Waals surface area contributed by atoms with Gasteiger partial charge in [-0.05, 0) is 30.9 Å². The molecule has 0 unspecified atom stereocenters. The third-order valence-corrected chi connectivity index (χ3v) is 2.18. The highest BCUT2D eigenvalue weighted by Gasteiger charge is 1.98. The molecule has 1 radical (unpaired) electrons. The van der Waals surface area contributed by atoms with Gasteiger partial charge in [0.05, 0.1) is 5.56 Å². The first-order valence-corrected chi connectivity index (χ1v) is 4.40. The molecule has 0 spiro atoms. The first-order valence-electron chi connectivity index (χ1n) is 3.18. The number of thioether (sulfide) groups is 1. The Morgan fingerprint density at radius 2 is 2.27 bits per heavy atom. The van der Waals surface area contributed by atoms with Crippen LogP contribution in [0, 0.1) is 18.3 Å². The van der Waals surface area contributed by atoms with Crippen molar-refractivity contribution >= 4 is 11.8 Å². The van der Waals surface area contributed by atoms with Crippen LogP contribution in [0.2, 0.25) is 0 Å². The lowest BCUT2D eigenvalue weighted by Gasteiger charge is -1.99. The number of nitriles is 1. The average molecular weight is 162 g/mol. The maximum absolute atomic E-state index is 8.68. The Bertz CT molecular complexity index is 299. The Kier molecular flexibility index (Phi) is 2.56. The van der Waals surface area contributed by atoms with Crippen molar-refractivity contribution in [3.05, 3.63) is 36.2 Å². The molecule has 0 saturated carbocycles. The molecule has 0 N–H and O–H groups in total. The second kappa shape index (κ2) is 3.45. The van der Waals surface area contributed by atoms with Crippen molar-refractivity contribution in [2.45, 2.75) is 4.90 Å². The molecular weight excluding hydrogens is 154 g/mol. The molecule has 1 aromatic rings. The zero-order chi connectivity index (χ0) is 8.27. The quantitative estimate of drug-likeness (QED) is 0.592. The van der Waals surface area contributed by atoms with E-state index in [9.17, 15) is 0 Å². The molecule has 11 heavy (non-hydrogen) atoms. The Balaban J connectivity index is 3.19. The van der Waals surface area contributed by atoms with E-state index in [1.807, 2.05) is 18.4 Å². The molecular formula is C9H8NS. The highest BCUT2D eigenvalue weighted by molar-refractivity contribution is 7.98. The van der Waals surface area contributed by atoms with Crippen molar-refractivity contribution in [3.63, 3.8) is 0 Å². The van der Waals surface area contributed by atoms with Gasteiger partial charge in [-0.25, -0.2) is 0 Å². The molecule has 0 saturated heterocycles. The minimum atomic E-state index is 0.713. The van der Waals surface area contributed by atoms with Crippen LogP contribution in [0.25, 0.3) is 0 Å². The first-order chi connectivity index (χ1) is 5.27. The third kappa shape index (κ3) is 1.75. The summed E-state index contributed by atoms with van der Waals surface area (Å²) >= 11 is 1.58. The van der Waals surface area contributed by atoms with Crippen molar-refractivity contribution in [2.24, 2.45) is 0 Å². The van der Waals surface area contributed by atoms with Gasteiger partial charge in [-0.15, -0.1) is 11.8 Å². The molecule has 0 bridgehead atoms. The molecule has 0 aliphatic heterocycles. The van der Waals surface area contributed by atoms with Crippen LogP contribution in [-0.4, -0.2) is 6.26 Å². The van der Waals surface area contributed by atoms with E-state index < -0.39 is 0 Å². The number of nitrogens with zero attached hydrogens (tertiary/aromatic N) is 1. The van der Waals surface area contributed by atoms with E-state index in [1.54, 1.807) is 17.8 Å². The molecule has 0 fully saturated rings. The largest absolute Gasteiger partial charge is 0.192 e. The fraction of sp³-hybridized carbons (Fsp3) is 0.111. The van der Waals surface area contributed by atoms with Gasteiger partial charge in [0.2, 0.25) is 0 Å². The van der Waals surface area contributed by atoms with Crippen LogP contribution in [0.5, 0.6) is 0 Å². The van der Waals surface area contributed by atoms with Gasteiger partial charge in [0.15, 0.2) is 0 Å². The number of rotatable bonds is 1. The Morgan fingerprint density at radius 3 is 2.82 bits per heavy atom. The summed E-state index contributed by atoms with van der Waals surface area (Å²) < 4.78 is 0. The molecule has 55 valence electrons. The van der Waals surface area contributed by atoms with Crippen molar-refractivity contribution < 1.29 is 0 Å². The van der Waals surface area contributed by atoms with Crippen molar-refractivity contribution in [3.8, 4) is 6.07 Å². The Hall–Kier alpha value is -0.940. The van der Waals surface area contributed by atoms with E-state index in [-0.39, 0.29) is 0 Å². The summed E-state index contributed by atoms with van der Waals surface area (Å²) in [6, 6.07) is 7.76. The lowest BCUT2D eigenvalue weighted by molar-refractivity contribution is 1.35. The van der Waals surface area contributed by atoms with Crippen LogP contribution in [0.4, 0.5) is 0 Å². The predicted molar refractivity (Wildman–Crippen MR) is 47.4 cm³/mol. The van der Waals surface area contributed by atoms with Crippen LogP contribution in [0.15, 0.2) is 23.1 Å². The van der Waals surface area contributed by atoms with Gasteiger partial charge in [-0.1, -0.05) is 6.07 Å². The maximum Gasteiger partial charge on any atom is 0.100 e. The van der Waals surface area contributed by atoms with E-state index >= 15 is 0 Å². The van der Waals surface area contributed by atoms with E-state index in [2.05, 4.69) is 13.0 Å².